The third-order valence-corrected chi connectivity index (χ3v) is 6.75. The summed E-state index contributed by atoms with van der Waals surface area (Å²) in [6, 6.07) is 26.6. The summed E-state index contributed by atoms with van der Waals surface area (Å²) in [7, 11) is 0. The van der Waals surface area contributed by atoms with Gasteiger partial charge in [0.1, 0.15) is 0 Å². The predicted molar refractivity (Wildman–Crippen MR) is 142 cm³/mol. The normalized spacial score (nSPS) is 11.2. The number of amides is 1. The number of hydrazone groups is 1. The van der Waals surface area contributed by atoms with Crippen LogP contribution in [0, 0.1) is 27.7 Å². The van der Waals surface area contributed by atoms with Crippen LogP contribution in [0.2, 0.25) is 0 Å². The molecule has 0 saturated carbocycles. The van der Waals surface area contributed by atoms with E-state index in [1.807, 2.05) is 42.5 Å². The molecule has 3 aromatic carbocycles. The van der Waals surface area contributed by atoms with Crippen LogP contribution in [0.5, 0.6) is 0 Å². The fourth-order valence-electron chi connectivity index (χ4n) is 4.06. The van der Waals surface area contributed by atoms with Crippen LogP contribution in [-0.2, 0) is 5.75 Å². The summed E-state index contributed by atoms with van der Waals surface area (Å²) in [4.78, 5) is 13.8. The minimum Gasteiger partial charge on any atom is -0.318 e. The molecular formula is C29H29N3OS. The van der Waals surface area contributed by atoms with Crippen LogP contribution in [0.15, 0.2) is 88.9 Å². The van der Waals surface area contributed by atoms with Crippen molar-refractivity contribution in [1.82, 2.24) is 9.99 Å². The first-order valence-corrected chi connectivity index (χ1v) is 12.3. The molecule has 0 radical (unpaired) electrons. The monoisotopic (exact) mass is 467 g/mol. The number of nitrogens with one attached hydrogen (secondary N) is 1. The van der Waals surface area contributed by atoms with E-state index >= 15 is 0 Å². The van der Waals surface area contributed by atoms with Crippen LogP contribution < -0.4 is 5.43 Å². The van der Waals surface area contributed by atoms with Crippen molar-refractivity contribution in [2.45, 2.75) is 38.3 Å². The molecular weight excluding hydrogens is 438 g/mol. The molecule has 34 heavy (non-hydrogen) atoms. The van der Waals surface area contributed by atoms with Crippen molar-refractivity contribution < 1.29 is 4.79 Å². The maximum Gasteiger partial charge on any atom is 0.271 e. The number of carbonyl (C=O) groups excluding carboxylic acids is 1. The Hall–Kier alpha value is -3.57. The molecule has 0 fully saturated rings. The minimum absolute atomic E-state index is 0.221. The molecule has 0 aliphatic rings. The van der Waals surface area contributed by atoms with E-state index in [9.17, 15) is 4.79 Å². The zero-order valence-corrected chi connectivity index (χ0v) is 20.8. The van der Waals surface area contributed by atoms with E-state index < -0.39 is 0 Å². The van der Waals surface area contributed by atoms with Gasteiger partial charge in [0.2, 0.25) is 0 Å². The highest BCUT2D eigenvalue weighted by molar-refractivity contribution is 7.98. The van der Waals surface area contributed by atoms with E-state index in [1.165, 1.54) is 21.6 Å². The summed E-state index contributed by atoms with van der Waals surface area (Å²) in [6.45, 7) is 8.37. The van der Waals surface area contributed by atoms with Gasteiger partial charge in [-0.3, -0.25) is 4.79 Å². The van der Waals surface area contributed by atoms with Crippen molar-refractivity contribution in [3.8, 4) is 5.69 Å². The third-order valence-electron chi connectivity index (χ3n) is 5.67. The quantitative estimate of drug-likeness (QED) is 0.185. The molecule has 0 aliphatic heterocycles. The van der Waals surface area contributed by atoms with Gasteiger partial charge in [0.05, 0.1) is 6.21 Å². The topological polar surface area (TPSA) is 46.4 Å². The molecule has 0 aliphatic carbocycles. The SMILES string of the molecule is Cc1cc(C)cc(-n2c(C)cc(/C=N\NC(=O)c3ccc(CSc4ccccc4)cc3)c2C)c1. The zero-order chi connectivity index (χ0) is 24.1. The number of aryl methyl sites for hydroxylation is 3. The molecule has 0 atom stereocenters. The largest absolute Gasteiger partial charge is 0.318 e. The van der Waals surface area contributed by atoms with Crippen molar-refractivity contribution in [3.63, 3.8) is 0 Å². The van der Waals surface area contributed by atoms with Gasteiger partial charge in [-0.05, 0) is 86.8 Å². The Morgan fingerprint density at radius 3 is 2.26 bits per heavy atom. The lowest BCUT2D eigenvalue weighted by Crippen LogP contribution is -2.17. The molecule has 4 nitrogen and oxygen atoms in total. The predicted octanol–water partition coefficient (Wildman–Crippen LogP) is 6.77. The summed E-state index contributed by atoms with van der Waals surface area (Å²) >= 11 is 1.78. The highest BCUT2D eigenvalue weighted by atomic mass is 32.2. The standard InChI is InChI=1S/C29H29N3OS/c1-20-14-21(2)16-27(15-20)32-22(3)17-26(23(32)4)18-30-31-29(33)25-12-10-24(11-13-25)19-34-28-8-6-5-7-9-28/h5-18H,19H2,1-4H3,(H,31,33)/b30-18-. The second-order valence-electron chi connectivity index (χ2n) is 8.51. The molecule has 0 spiro atoms. The lowest BCUT2D eigenvalue weighted by atomic mass is 10.1. The maximum atomic E-state index is 12.5. The average molecular weight is 468 g/mol. The van der Waals surface area contributed by atoms with Crippen LogP contribution in [0.4, 0.5) is 0 Å². The molecule has 4 aromatic rings. The lowest BCUT2D eigenvalue weighted by molar-refractivity contribution is 0.0955. The van der Waals surface area contributed by atoms with Crippen molar-refractivity contribution in [1.29, 1.82) is 0 Å². The maximum absolute atomic E-state index is 12.5. The number of nitrogens with zero attached hydrogens (tertiary/aromatic N) is 2. The van der Waals surface area contributed by atoms with Crippen LogP contribution in [0.25, 0.3) is 5.69 Å². The highest BCUT2D eigenvalue weighted by Gasteiger charge is 2.11. The van der Waals surface area contributed by atoms with E-state index in [0.29, 0.717) is 5.56 Å². The van der Waals surface area contributed by atoms with Crippen LogP contribution in [-0.4, -0.2) is 16.7 Å². The van der Waals surface area contributed by atoms with E-state index in [-0.39, 0.29) is 5.91 Å². The van der Waals surface area contributed by atoms with Gasteiger partial charge in [-0.1, -0.05) is 36.4 Å². The van der Waals surface area contributed by atoms with Crippen LogP contribution >= 0.6 is 11.8 Å². The van der Waals surface area contributed by atoms with Crippen molar-refractivity contribution in [2.24, 2.45) is 5.10 Å². The first-order valence-electron chi connectivity index (χ1n) is 11.3. The van der Waals surface area contributed by atoms with Gasteiger partial charge >= 0.3 is 0 Å². The van der Waals surface area contributed by atoms with E-state index in [1.54, 1.807) is 18.0 Å². The van der Waals surface area contributed by atoms with Gasteiger partial charge in [-0.25, -0.2) is 5.43 Å². The first-order chi connectivity index (χ1) is 16.4. The van der Waals surface area contributed by atoms with Gasteiger partial charge < -0.3 is 4.57 Å². The van der Waals surface area contributed by atoms with Gasteiger partial charge in [-0.15, -0.1) is 11.8 Å². The van der Waals surface area contributed by atoms with Crippen LogP contribution in [0.3, 0.4) is 0 Å². The number of hydrogen-bond acceptors (Lipinski definition) is 3. The van der Waals surface area contributed by atoms with E-state index in [2.05, 4.69) is 79.2 Å². The minimum atomic E-state index is -0.221. The van der Waals surface area contributed by atoms with Crippen molar-refractivity contribution in [3.05, 3.63) is 118 Å². The number of thioether (sulfide) groups is 1. The Kier molecular flexibility index (Phi) is 7.33. The third kappa shape index (κ3) is 5.67. The molecule has 4 rings (SSSR count). The summed E-state index contributed by atoms with van der Waals surface area (Å²) < 4.78 is 2.22. The fourth-order valence-corrected chi connectivity index (χ4v) is 4.93. The van der Waals surface area contributed by atoms with Gasteiger partial charge in [-0.2, -0.15) is 5.10 Å². The molecule has 5 heteroatoms. The molecule has 1 aromatic heterocycles. The molecule has 1 amide bonds. The summed E-state index contributed by atoms with van der Waals surface area (Å²) in [5.41, 5.74) is 11.2. The summed E-state index contributed by atoms with van der Waals surface area (Å²) in [6.07, 6.45) is 1.71. The molecule has 0 bridgehead atoms. The van der Waals surface area contributed by atoms with E-state index in [0.717, 1.165) is 28.4 Å². The molecule has 0 unspecified atom stereocenters. The van der Waals surface area contributed by atoms with Crippen molar-refractivity contribution in [2.75, 3.05) is 0 Å². The fraction of sp³-hybridized carbons (Fsp3) is 0.172. The Labute approximate surface area is 205 Å². The number of aromatic nitrogens is 1. The average Bonchev–Trinajstić information content (AvgIpc) is 3.10. The van der Waals surface area contributed by atoms with E-state index in [4.69, 9.17) is 0 Å². The summed E-state index contributed by atoms with van der Waals surface area (Å²) in [5.74, 6) is 0.641. The second kappa shape index (κ2) is 10.6. The Morgan fingerprint density at radius 1 is 0.912 bits per heavy atom. The zero-order valence-electron chi connectivity index (χ0n) is 20.0. The number of rotatable bonds is 7. The Morgan fingerprint density at radius 2 is 1.59 bits per heavy atom. The highest BCUT2D eigenvalue weighted by Crippen LogP contribution is 2.23. The van der Waals surface area contributed by atoms with Gasteiger partial charge in [0.15, 0.2) is 0 Å². The molecule has 172 valence electrons. The number of benzene rings is 3. The van der Waals surface area contributed by atoms with Gasteiger partial charge in [0, 0.05) is 38.9 Å². The number of hydrogen-bond donors (Lipinski definition) is 1. The van der Waals surface area contributed by atoms with Crippen molar-refractivity contribution >= 4 is 23.9 Å². The Balaban J connectivity index is 1.39. The molecule has 1 N–H and O–H groups in total. The summed E-state index contributed by atoms with van der Waals surface area (Å²) in [5, 5.41) is 4.22. The smallest absolute Gasteiger partial charge is 0.271 e. The molecule has 1 heterocycles. The van der Waals surface area contributed by atoms with Gasteiger partial charge in [0.25, 0.3) is 5.91 Å². The lowest BCUT2D eigenvalue weighted by Gasteiger charge is -2.11. The first kappa shape index (κ1) is 23.6. The Bertz CT molecular complexity index is 1300. The number of carbonyl (C=O) groups is 1. The second-order valence-corrected chi connectivity index (χ2v) is 9.55. The van der Waals surface area contributed by atoms with Crippen LogP contribution in [0.1, 0.15) is 44.0 Å². The molecule has 0 saturated heterocycles.